The molecule has 0 spiro atoms. The molecule has 0 aliphatic carbocycles. The average molecular weight is 567 g/mol. The van der Waals surface area contributed by atoms with Crippen LogP contribution in [0.15, 0.2) is 76.1 Å². The van der Waals surface area contributed by atoms with Gasteiger partial charge in [0.15, 0.2) is 0 Å². The molecule has 3 amide bonds. The van der Waals surface area contributed by atoms with Crippen LogP contribution in [0.3, 0.4) is 0 Å². The Morgan fingerprint density at radius 3 is 2.44 bits per heavy atom. The summed E-state index contributed by atoms with van der Waals surface area (Å²) < 4.78 is 11.7. The second-order valence-corrected chi connectivity index (χ2v) is 9.86. The van der Waals surface area contributed by atoms with Crippen molar-refractivity contribution in [2.75, 3.05) is 19.0 Å². The number of nitrogens with one attached hydrogen (secondary N) is 1. The third-order valence-electron chi connectivity index (χ3n) is 5.32. The van der Waals surface area contributed by atoms with Crippen molar-refractivity contribution < 1.29 is 23.9 Å². The molecule has 3 aromatic rings. The Hall–Kier alpha value is -3.56. The van der Waals surface area contributed by atoms with E-state index in [-0.39, 0.29) is 11.4 Å². The van der Waals surface area contributed by atoms with Crippen LogP contribution in [0.25, 0.3) is 6.08 Å². The zero-order valence-corrected chi connectivity index (χ0v) is 22.0. The Morgan fingerprint density at radius 1 is 1.06 bits per heavy atom. The largest absolute Gasteiger partial charge is 0.497 e. The lowest BCUT2D eigenvalue weighted by molar-refractivity contribution is -0.127. The van der Waals surface area contributed by atoms with Crippen LogP contribution in [0.2, 0.25) is 0 Å². The zero-order chi connectivity index (χ0) is 25.7. The summed E-state index contributed by atoms with van der Waals surface area (Å²) in [5.74, 6) is 0.338. The Kier molecular flexibility index (Phi) is 8.12. The van der Waals surface area contributed by atoms with Crippen LogP contribution >= 0.6 is 27.7 Å². The highest BCUT2D eigenvalue weighted by molar-refractivity contribution is 9.10. The third-order valence-corrected chi connectivity index (χ3v) is 6.84. The summed E-state index contributed by atoms with van der Waals surface area (Å²) in [6, 6.07) is 20.3. The molecule has 184 valence electrons. The van der Waals surface area contributed by atoms with Crippen LogP contribution in [0.1, 0.15) is 16.7 Å². The van der Waals surface area contributed by atoms with Gasteiger partial charge in [0.1, 0.15) is 24.7 Å². The number of aryl methyl sites for hydroxylation is 1. The second-order valence-electron chi connectivity index (χ2n) is 8.01. The van der Waals surface area contributed by atoms with Crippen molar-refractivity contribution in [3.05, 3.63) is 92.8 Å². The lowest BCUT2D eigenvalue weighted by Gasteiger charge is -2.12. The number of halogens is 1. The molecule has 0 atom stereocenters. The van der Waals surface area contributed by atoms with Crippen LogP contribution in [0.5, 0.6) is 11.5 Å². The first kappa shape index (κ1) is 25.5. The molecule has 0 radical (unpaired) electrons. The highest BCUT2D eigenvalue weighted by Crippen LogP contribution is 2.34. The molecule has 1 fully saturated rings. The maximum atomic E-state index is 12.8. The number of rotatable bonds is 8. The number of anilines is 1. The van der Waals surface area contributed by atoms with Crippen molar-refractivity contribution in [2.45, 2.75) is 13.5 Å². The minimum absolute atomic E-state index is 0.248. The minimum atomic E-state index is -0.509. The van der Waals surface area contributed by atoms with Gasteiger partial charge in [-0.3, -0.25) is 19.3 Å². The van der Waals surface area contributed by atoms with Gasteiger partial charge >= 0.3 is 0 Å². The van der Waals surface area contributed by atoms with E-state index in [1.807, 2.05) is 37.3 Å². The van der Waals surface area contributed by atoms with E-state index in [4.69, 9.17) is 9.47 Å². The Labute approximate surface area is 221 Å². The first-order valence-electron chi connectivity index (χ1n) is 11.0. The van der Waals surface area contributed by atoms with Gasteiger partial charge < -0.3 is 14.8 Å². The van der Waals surface area contributed by atoms with E-state index in [1.165, 1.54) is 5.56 Å². The molecular weight excluding hydrogens is 544 g/mol. The molecule has 3 aromatic carbocycles. The first-order valence-corrected chi connectivity index (χ1v) is 12.6. The highest BCUT2D eigenvalue weighted by Gasteiger charge is 2.36. The normalized spacial score (nSPS) is 14.3. The second kappa shape index (κ2) is 11.5. The molecule has 4 rings (SSSR count). The summed E-state index contributed by atoms with van der Waals surface area (Å²) in [6.45, 7) is 2.09. The first-order chi connectivity index (χ1) is 17.3. The molecule has 0 saturated carbocycles. The number of imide groups is 1. The van der Waals surface area contributed by atoms with E-state index in [0.29, 0.717) is 23.8 Å². The van der Waals surface area contributed by atoms with Gasteiger partial charge in [-0.1, -0.05) is 35.9 Å². The molecule has 7 nitrogen and oxygen atoms in total. The number of hydrogen-bond acceptors (Lipinski definition) is 6. The van der Waals surface area contributed by atoms with Crippen molar-refractivity contribution in [1.82, 2.24) is 4.90 Å². The minimum Gasteiger partial charge on any atom is -0.497 e. The molecule has 9 heteroatoms. The number of hydrogen-bond donors (Lipinski definition) is 1. The Morgan fingerprint density at radius 2 is 1.78 bits per heavy atom. The fourth-order valence-electron chi connectivity index (χ4n) is 3.38. The average Bonchev–Trinajstić information content (AvgIpc) is 3.12. The van der Waals surface area contributed by atoms with Crippen LogP contribution in [0, 0.1) is 6.92 Å². The van der Waals surface area contributed by atoms with Crippen LogP contribution in [0.4, 0.5) is 10.5 Å². The van der Waals surface area contributed by atoms with Gasteiger partial charge in [-0.25, -0.2) is 0 Å². The van der Waals surface area contributed by atoms with Gasteiger partial charge in [-0.05, 0) is 88.2 Å². The van der Waals surface area contributed by atoms with E-state index in [2.05, 4.69) is 21.2 Å². The number of amides is 3. The number of thioether (sulfide) groups is 1. The summed E-state index contributed by atoms with van der Waals surface area (Å²) in [6.07, 6.45) is 1.63. The number of nitrogens with zero attached hydrogens (tertiary/aromatic N) is 1. The van der Waals surface area contributed by atoms with Gasteiger partial charge in [0.25, 0.3) is 11.1 Å². The van der Waals surface area contributed by atoms with Crippen LogP contribution < -0.4 is 14.8 Å². The van der Waals surface area contributed by atoms with E-state index in [9.17, 15) is 14.4 Å². The molecule has 1 N–H and O–H groups in total. The quantitative estimate of drug-likeness (QED) is 0.335. The highest BCUT2D eigenvalue weighted by atomic mass is 79.9. The number of carbonyl (C=O) groups is 3. The third kappa shape index (κ3) is 6.35. The number of carbonyl (C=O) groups excluding carboxylic acids is 3. The van der Waals surface area contributed by atoms with Crippen molar-refractivity contribution in [1.29, 1.82) is 0 Å². The molecule has 0 unspecified atom stereocenters. The number of methoxy groups -OCH3 is 1. The fourth-order valence-corrected chi connectivity index (χ4v) is 4.72. The molecule has 0 aromatic heterocycles. The SMILES string of the molecule is COc1ccc(NC(=O)CN2C(=O)S/C(=C/c3ccc(OCc4ccc(C)cc4)c(Br)c3)C2=O)cc1. The smallest absolute Gasteiger partial charge is 0.294 e. The topological polar surface area (TPSA) is 84.9 Å². The molecular formula is C27H23BrN2O5S. The maximum absolute atomic E-state index is 12.8. The standard InChI is InChI=1S/C27H23BrN2O5S/c1-17-3-5-18(6-4-17)16-35-23-12-7-19(13-22(23)28)14-24-26(32)30(27(33)36-24)15-25(31)29-20-8-10-21(34-2)11-9-20/h3-14H,15-16H2,1-2H3,(H,29,31)/b24-14+. The van der Waals surface area contributed by atoms with Crippen molar-refractivity contribution in [3.8, 4) is 11.5 Å². The molecule has 1 heterocycles. The predicted molar refractivity (Wildman–Crippen MR) is 144 cm³/mol. The monoisotopic (exact) mass is 566 g/mol. The van der Waals surface area contributed by atoms with Gasteiger partial charge in [-0.2, -0.15) is 0 Å². The van der Waals surface area contributed by atoms with Crippen molar-refractivity contribution >= 4 is 56.5 Å². The lowest BCUT2D eigenvalue weighted by Crippen LogP contribution is -2.36. The van der Waals surface area contributed by atoms with Gasteiger partial charge in [0.2, 0.25) is 5.91 Å². The molecule has 1 aliphatic rings. The van der Waals surface area contributed by atoms with E-state index >= 15 is 0 Å². The van der Waals surface area contributed by atoms with Crippen LogP contribution in [-0.2, 0) is 16.2 Å². The predicted octanol–water partition coefficient (Wildman–Crippen LogP) is 6.02. The fraction of sp³-hybridized carbons (Fsp3) is 0.148. The molecule has 1 aliphatic heterocycles. The summed E-state index contributed by atoms with van der Waals surface area (Å²) >= 11 is 4.31. The van der Waals surface area contributed by atoms with Gasteiger partial charge in [0, 0.05) is 5.69 Å². The van der Waals surface area contributed by atoms with E-state index in [0.717, 1.165) is 32.3 Å². The number of ether oxygens (including phenoxy) is 2. The van der Waals surface area contributed by atoms with Crippen LogP contribution in [-0.4, -0.2) is 35.6 Å². The maximum Gasteiger partial charge on any atom is 0.294 e. The van der Waals surface area contributed by atoms with Crippen molar-refractivity contribution in [3.63, 3.8) is 0 Å². The molecule has 1 saturated heterocycles. The molecule has 0 bridgehead atoms. The summed E-state index contributed by atoms with van der Waals surface area (Å²) in [7, 11) is 1.55. The summed E-state index contributed by atoms with van der Waals surface area (Å²) in [4.78, 5) is 38.8. The zero-order valence-electron chi connectivity index (χ0n) is 19.6. The molecule has 36 heavy (non-hydrogen) atoms. The Bertz CT molecular complexity index is 1320. The number of benzene rings is 3. The Balaban J connectivity index is 1.38. The van der Waals surface area contributed by atoms with Gasteiger partial charge in [0.05, 0.1) is 16.5 Å². The van der Waals surface area contributed by atoms with E-state index in [1.54, 1.807) is 49.6 Å². The summed E-state index contributed by atoms with van der Waals surface area (Å²) in [5.41, 5.74) is 3.50. The van der Waals surface area contributed by atoms with E-state index < -0.39 is 17.1 Å². The summed E-state index contributed by atoms with van der Waals surface area (Å²) in [5, 5.41) is 2.18. The van der Waals surface area contributed by atoms with Crippen molar-refractivity contribution in [2.24, 2.45) is 0 Å². The van der Waals surface area contributed by atoms with Gasteiger partial charge in [-0.15, -0.1) is 0 Å². The lowest BCUT2D eigenvalue weighted by atomic mass is 10.1.